The molecule has 1 fully saturated rings. The van der Waals surface area contributed by atoms with Crippen LogP contribution in [0.4, 0.5) is 0 Å². The van der Waals surface area contributed by atoms with Gasteiger partial charge in [0.2, 0.25) is 0 Å². The van der Waals surface area contributed by atoms with Gasteiger partial charge in [0.1, 0.15) is 4.91 Å². The maximum atomic E-state index is 12.7. The molecule has 1 aliphatic heterocycles. The second-order valence-corrected chi connectivity index (χ2v) is 6.03. The van der Waals surface area contributed by atoms with E-state index >= 15 is 0 Å². The molecule has 1 aliphatic rings. The van der Waals surface area contributed by atoms with E-state index in [0.717, 1.165) is 0 Å². The van der Waals surface area contributed by atoms with Crippen molar-refractivity contribution < 1.29 is 13.7 Å². The summed E-state index contributed by atoms with van der Waals surface area (Å²) in [6, 6.07) is 9.03. The van der Waals surface area contributed by atoms with Crippen LogP contribution in [0.25, 0.3) is 0 Å². The Morgan fingerprint density at radius 1 is 1.33 bits per heavy atom. The van der Waals surface area contributed by atoms with Crippen LogP contribution in [0.2, 0.25) is 0 Å². The van der Waals surface area contributed by atoms with E-state index < -0.39 is 10.8 Å². The van der Waals surface area contributed by atoms with Crippen molar-refractivity contribution in [3.8, 4) is 0 Å². The standard InChI is InChI=1S/C15H20N2O3S/c1-2-16-15(18)14(12-17-8-10-20-11-9-17)21(19)13-6-4-3-5-7-13/h3-7,12H,2,8-11H2,1H3,(H,16,18)/b14-12+. The molecular formula is C15H20N2O3S. The number of nitrogens with zero attached hydrogens (tertiary/aromatic N) is 1. The van der Waals surface area contributed by atoms with Crippen LogP contribution in [-0.4, -0.2) is 47.9 Å². The predicted octanol–water partition coefficient (Wildman–Crippen LogP) is 1.10. The molecule has 1 saturated heterocycles. The molecule has 114 valence electrons. The Hall–Kier alpha value is -1.66. The molecule has 6 heteroatoms. The Kier molecular flexibility index (Phi) is 5.95. The molecule has 0 bridgehead atoms. The van der Waals surface area contributed by atoms with Gasteiger partial charge in [-0.2, -0.15) is 0 Å². The summed E-state index contributed by atoms with van der Waals surface area (Å²) in [7, 11) is -1.49. The molecule has 5 nitrogen and oxygen atoms in total. The summed E-state index contributed by atoms with van der Waals surface area (Å²) < 4.78 is 17.9. The number of morpholine rings is 1. The molecule has 1 amide bonds. The van der Waals surface area contributed by atoms with Crippen LogP contribution >= 0.6 is 0 Å². The molecule has 1 aromatic carbocycles. The smallest absolute Gasteiger partial charge is 0.262 e. The van der Waals surface area contributed by atoms with Crippen molar-refractivity contribution in [3.05, 3.63) is 41.4 Å². The third kappa shape index (κ3) is 4.41. The minimum absolute atomic E-state index is 0.282. The van der Waals surface area contributed by atoms with E-state index in [4.69, 9.17) is 4.74 Å². The van der Waals surface area contributed by atoms with Gasteiger partial charge in [0.25, 0.3) is 5.91 Å². The molecule has 0 aliphatic carbocycles. The summed E-state index contributed by atoms with van der Waals surface area (Å²) in [5.41, 5.74) is 0. The highest BCUT2D eigenvalue weighted by Crippen LogP contribution is 2.16. The van der Waals surface area contributed by atoms with E-state index in [0.29, 0.717) is 37.7 Å². The van der Waals surface area contributed by atoms with Gasteiger partial charge in [-0.05, 0) is 19.1 Å². The highest BCUT2D eigenvalue weighted by Gasteiger charge is 2.20. The topological polar surface area (TPSA) is 58.6 Å². The van der Waals surface area contributed by atoms with E-state index in [9.17, 15) is 9.00 Å². The van der Waals surface area contributed by atoms with Gasteiger partial charge in [0, 0.05) is 30.7 Å². The van der Waals surface area contributed by atoms with Crippen molar-refractivity contribution in [2.75, 3.05) is 32.8 Å². The van der Waals surface area contributed by atoms with Gasteiger partial charge < -0.3 is 15.0 Å². The lowest BCUT2D eigenvalue weighted by Crippen LogP contribution is -2.34. The first-order valence-corrected chi connectivity index (χ1v) is 8.16. The number of ether oxygens (including phenoxy) is 1. The normalized spacial score (nSPS) is 17.4. The molecule has 0 spiro atoms. The van der Waals surface area contributed by atoms with Crippen LogP contribution < -0.4 is 5.32 Å². The number of nitrogens with one attached hydrogen (secondary N) is 1. The van der Waals surface area contributed by atoms with Gasteiger partial charge in [-0.15, -0.1) is 0 Å². The number of rotatable bonds is 5. The van der Waals surface area contributed by atoms with Crippen LogP contribution in [-0.2, 0) is 20.3 Å². The van der Waals surface area contributed by atoms with Crippen LogP contribution in [0.1, 0.15) is 6.92 Å². The molecule has 1 N–H and O–H groups in total. The monoisotopic (exact) mass is 308 g/mol. The van der Waals surface area contributed by atoms with E-state index in [1.165, 1.54) is 0 Å². The van der Waals surface area contributed by atoms with Crippen molar-refractivity contribution >= 4 is 16.7 Å². The Morgan fingerprint density at radius 3 is 2.62 bits per heavy atom. The molecule has 21 heavy (non-hydrogen) atoms. The fourth-order valence-corrected chi connectivity index (χ4v) is 3.13. The van der Waals surface area contributed by atoms with E-state index in [1.54, 1.807) is 18.3 Å². The first-order chi connectivity index (χ1) is 10.2. The average molecular weight is 308 g/mol. The fraction of sp³-hybridized carbons (Fsp3) is 0.400. The maximum absolute atomic E-state index is 12.7. The molecule has 1 unspecified atom stereocenters. The van der Waals surface area contributed by atoms with E-state index in [1.807, 2.05) is 30.0 Å². The number of hydrogen-bond acceptors (Lipinski definition) is 4. The van der Waals surface area contributed by atoms with Crippen LogP contribution in [0, 0.1) is 0 Å². The zero-order valence-electron chi connectivity index (χ0n) is 12.1. The van der Waals surface area contributed by atoms with Crippen LogP contribution in [0.3, 0.4) is 0 Å². The van der Waals surface area contributed by atoms with Gasteiger partial charge in [-0.3, -0.25) is 4.79 Å². The summed E-state index contributed by atoms with van der Waals surface area (Å²) in [6.07, 6.45) is 1.70. The van der Waals surface area contributed by atoms with Crippen LogP contribution in [0.5, 0.6) is 0 Å². The molecule has 0 saturated carbocycles. The number of benzene rings is 1. The summed E-state index contributed by atoms with van der Waals surface area (Å²) in [4.78, 5) is 15.1. The molecule has 2 rings (SSSR count). The number of likely N-dealkylation sites (N-methyl/N-ethyl adjacent to an activating group) is 1. The summed E-state index contributed by atoms with van der Waals surface area (Å²) >= 11 is 0. The first kappa shape index (κ1) is 15.7. The Morgan fingerprint density at radius 2 is 2.00 bits per heavy atom. The van der Waals surface area contributed by atoms with Crippen molar-refractivity contribution in [2.24, 2.45) is 0 Å². The van der Waals surface area contributed by atoms with E-state index in [-0.39, 0.29) is 10.8 Å². The average Bonchev–Trinajstić information content (AvgIpc) is 2.54. The van der Waals surface area contributed by atoms with Gasteiger partial charge in [0.15, 0.2) is 0 Å². The first-order valence-electron chi connectivity index (χ1n) is 7.01. The number of amides is 1. The highest BCUT2D eigenvalue weighted by molar-refractivity contribution is 7.90. The maximum Gasteiger partial charge on any atom is 0.262 e. The zero-order chi connectivity index (χ0) is 15.1. The molecule has 1 aromatic rings. The Balaban J connectivity index is 2.25. The summed E-state index contributed by atoms with van der Waals surface area (Å²) in [6.45, 7) is 5.00. The van der Waals surface area contributed by atoms with E-state index in [2.05, 4.69) is 5.32 Å². The summed E-state index contributed by atoms with van der Waals surface area (Å²) in [5, 5.41) is 2.73. The predicted molar refractivity (Wildman–Crippen MR) is 82.0 cm³/mol. The quantitative estimate of drug-likeness (QED) is 0.828. The molecule has 0 radical (unpaired) electrons. The largest absolute Gasteiger partial charge is 0.378 e. The van der Waals surface area contributed by atoms with Gasteiger partial charge in [-0.25, -0.2) is 4.21 Å². The second kappa shape index (κ2) is 7.95. The fourth-order valence-electron chi connectivity index (χ4n) is 1.98. The van der Waals surface area contributed by atoms with Crippen molar-refractivity contribution in [1.82, 2.24) is 10.2 Å². The number of carbonyl (C=O) groups excluding carboxylic acids is 1. The third-order valence-corrected chi connectivity index (χ3v) is 4.45. The van der Waals surface area contributed by atoms with Gasteiger partial charge in [0.05, 0.1) is 24.0 Å². The minimum Gasteiger partial charge on any atom is -0.378 e. The lowest BCUT2D eigenvalue weighted by molar-refractivity contribution is -0.116. The second-order valence-electron chi connectivity index (χ2n) is 4.58. The minimum atomic E-state index is -1.49. The number of carbonyl (C=O) groups is 1. The lowest BCUT2D eigenvalue weighted by atomic mass is 10.4. The van der Waals surface area contributed by atoms with Gasteiger partial charge >= 0.3 is 0 Å². The Bertz CT molecular complexity index is 525. The lowest BCUT2D eigenvalue weighted by Gasteiger charge is -2.26. The Labute approximate surface area is 127 Å². The van der Waals surface area contributed by atoms with Crippen molar-refractivity contribution in [2.45, 2.75) is 11.8 Å². The SMILES string of the molecule is CCNC(=O)/C(=C\N1CCOCC1)S(=O)c1ccccc1. The molecule has 0 aromatic heterocycles. The highest BCUT2D eigenvalue weighted by atomic mass is 32.2. The van der Waals surface area contributed by atoms with Crippen molar-refractivity contribution in [1.29, 1.82) is 0 Å². The number of hydrogen-bond donors (Lipinski definition) is 1. The molecule has 1 heterocycles. The van der Waals surface area contributed by atoms with Crippen molar-refractivity contribution in [3.63, 3.8) is 0 Å². The van der Waals surface area contributed by atoms with Crippen LogP contribution in [0.15, 0.2) is 46.3 Å². The molecular weight excluding hydrogens is 288 g/mol. The summed E-state index contributed by atoms with van der Waals surface area (Å²) in [5.74, 6) is -0.286. The molecule has 1 atom stereocenters. The zero-order valence-corrected chi connectivity index (χ0v) is 12.9. The van der Waals surface area contributed by atoms with Gasteiger partial charge in [-0.1, -0.05) is 18.2 Å². The third-order valence-electron chi connectivity index (χ3n) is 3.06.